The molecule has 0 radical (unpaired) electrons. The molecule has 0 unspecified atom stereocenters. The Morgan fingerprint density at radius 1 is 1.48 bits per heavy atom. The van der Waals surface area contributed by atoms with Crippen molar-refractivity contribution < 1.29 is 9.53 Å². The topological polar surface area (TPSA) is 78.1 Å². The van der Waals surface area contributed by atoms with Gasteiger partial charge >= 0.3 is 0 Å². The zero-order valence-electron chi connectivity index (χ0n) is 13.9. The van der Waals surface area contributed by atoms with Gasteiger partial charge in [-0.05, 0) is 26.7 Å². The van der Waals surface area contributed by atoms with Crippen LogP contribution in [0.1, 0.15) is 43.1 Å². The van der Waals surface area contributed by atoms with Crippen LogP contribution in [0.5, 0.6) is 5.88 Å². The van der Waals surface area contributed by atoms with Crippen molar-refractivity contribution >= 4 is 5.91 Å². The third kappa shape index (κ3) is 2.58. The van der Waals surface area contributed by atoms with Crippen molar-refractivity contribution in [1.29, 1.82) is 0 Å². The van der Waals surface area contributed by atoms with E-state index in [0.717, 1.165) is 36.5 Å². The van der Waals surface area contributed by atoms with Crippen LogP contribution in [0.4, 0.5) is 0 Å². The molecule has 0 aromatic carbocycles. The molecule has 0 aliphatic carbocycles. The third-order valence-electron chi connectivity index (χ3n) is 4.47. The highest BCUT2D eigenvalue weighted by Crippen LogP contribution is 2.39. The van der Waals surface area contributed by atoms with Crippen molar-refractivity contribution in [1.82, 2.24) is 29.4 Å². The second-order valence-corrected chi connectivity index (χ2v) is 5.87. The molecule has 124 valence electrons. The van der Waals surface area contributed by atoms with E-state index < -0.39 is 0 Å². The summed E-state index contributed by atoms with van der Waals surface area (Å²) in [4.78, 5) is 18.8. The molecule has 2 aromatic heterocycles. The molecular formula is C15H22N6O2. The largest absolute Gasteiger partial charge is 0.481 e. The number of hydrogen-bond acceptors (Lipinski definition) is 5. The van der Waals surface area contributed by atoms with Gasteiger partial charge in [-0.15, -0.1) is 0 Å². The molecule has 2 aromatic rings. The van der Waals surface area contributed by atoms with E-state index in [2.05, 4.69) is 15.2 Å². The van der Waals surface area contributed by atoms with Crippen LogP contribution in [-0.4, -0.2) is 49.0 Å². The number of methoxy groups -OCH3 is 1. The highest BCUT2D eigenvalue weighted by Gasteiger charge is 2.37. The fourth-order valence-electron chi connectivity index (χ4n) is 3.38. The zero-order chi connectivity index (χ0) is 16.6. The number of ether oxygens (including phenoxy) is 1. The van der Waals surface area contributed by atoms with Gasteiger partial charge in [0.05, 0.1) is 24.4 Å². The Hall–Kier alpha value is -2.38. The summed E-state index contributed by atoms with van der Waals surface area (Å²) in [5.74, 6) is 0.768. The standard InChI is InChI=1S/C15H22N6O2/c1-10-13(15(23-4)19(3)18-10)12-6-5-7-20(12)14(22)11(2)21-9-16-8-17-21/h8-9,11-12H,5-7H2,1-4H3/t11-,12-/m0/s1. The predicted molar refractivity (Wildman–Crippen MR) is 82.9 cm³/mol. The van der Waals surface area contributed by atoms with Crippen molar-refractivity contribution in [2.24, 2.45) is 7.05 Å². The summed E-state index contributed by atoms with van der Waals surface area (Å²) in [7, 11) is 3.49. The van der Waals surface area contributed by atoms with Gasteiger partial charge in [-0.3, -0.25) is 4.79 Å². The summed E-state index contributed by atoms with van der Waals surface area (Å²) in [6.07, 6.45) is 4.90. The number of likely N-dealkylation sites (tertiary alicyclic amines) is 1. The summed E-state index contributed by atoms with van der Waals surface area (Å²) in [6, 6.07) is -0.377. The molecule has 8 nitrogen and oxygen atoms in total. The van der Waals surface area contributed by atoms with E-state index in [1.165, 1.54) is 6.33 Å². The van der Waals surface area contributed by atoms with E-state index in [9.17, 15) is 4.79 Å². The maximum Gasteiger partial charge on any atom is 0.247 e. The molecule has 1 aliphatic heterocycles. The van der Waals surface area contributed by atoms with Crippen LogP contribution < -0.4 is 4.74 Å². The molecule has 3 rings (SSSR count). The minimum absolute atomic E-state index is 0.00267. The van der Waals surface area contributed by atoms with E-state index in [4.69, 9.17) is 4.74 Å². The Morgan fingerprint density at radius 3 is 2.91 bits per heavy atom. The number of hydrogen-bond donors (Lipinski definition) is 0. The van der Waals surface area contributed by atoms with Gasteiger partial charge in [-0.25, -0.2) is 14.3 Å². The number of nitrogens with zero attached hydrogens (tertiary/aromatic N) is 6. The second-order valence-electron chi connectivity index (χ2n) is 5.87. The lowest BCUT2D eigenvalue weighted by Crippen LogP contribution is -2.36. The average molecular weight is 318 g/mol. The van der Waals surface area contributed by atoms with E-state index in [1.807, 2.05) is 25.8 Å². The second kappa shape index (κ2) is 6.02. The highest BCUT2D eigenvalue weighted by atomic mass is 16.5. The molecule has 0 N–H and O–H groups in total. The number of carbonyl (C=O) groups is 1. The average Bonchev–Trinajstić information content (AvgIpc) is 3.24. The zero-order valence-corrected chi connectivity index (χ0v) is 13.9. The smallest absolute Gasteiger partial charge is 0.247 e. The lowest BCUT2D eigenvalue weighted by atomic mass is 10.0. The number of rotatable bonds is 4. The Balaban J connectivity index is 1.90. The van der Waals surface area contributed by atoms with Gasteiger partial charge in [0, 0.05) is 13.6 Å². The first-order chi connectivity index (χ1) is 11.0. The lowest BCUT2D eigenvalue weighted by molar-refractivity contribution is -0.135. The van der Waals surface area contributed by atoms with Gasteiger partial charge in [-0.1, -0.05) is 0 Å². The minimum atomic E-state index is -0.374. The highest BCUT2D eigenvalue weighted by molar-refractivity contribution is 5.80. The van der Waals surface area contributed by atoms with Gasteiger partial charge in [0.25, 0.3) is 0 Å². The van der Waals surface area contributed by atoms with E-state index >= 15 is 0 Å². The van der Waals surface area contributed by atoms with Crippen molar-refractivity contribution in [3.63, 3.8) is 0 Å². The summed E-state index contributed by atoms with van der Waals surface area (Å²) in [5, 5.41) is 8.52. The van der Waals surface area contributed by atoms with Crippen LogP contribution in [0.2, 0.25) is 0 Å². The first-order valence-electron chi connectivity index (χ1n) is 7.76. The molecule has 23 heavy (non-hydrogen) atoms. The van der Waals surface area contributed by atoms with Crippen molar-refractivity contribution in [3.8, 4) is 5.88 Å². The maximum atomic E-state index is 12.9. The van der Waals surface area contributed by atoms with E-state index in [0.29, 0.717) is 0 Å². The van der Waals surface area contributed by atoms with Crippen LogP contribution in [0.3, 0.4) is 0 Å². The minimum Gasteiger partial charge on any atom is -0.481 e. The third-order valence-corrected chi connectivity index (χ3v) is 4.47. The first-order valence-corrected chi connectivity index (χ1v) is 7.76. The SMILES string of the molecule is COc1c([C@@H]2CCCN2C(=O)[C@H](C)n2cncn2)c(C)nn1C. The number of carbonyl (C=O) groups excluding carboxylic acids is 1. The normalized spacial score (nSPS) is 19.1. The fraction of sp³-hybridized carbons (Fsp3) is 0.600. The predicted octanol–water partition coefficient (Wildman–Crippen LogP) is 1.25. The monoisotopic (exact) mass is 318 g/mol. The Bertz CT molecular complexity index is 693. The van der Waals surface area contributed by atoms with Crippen LogP contribution in [0.15, 0.2) is 12.7 Å². The molecule has 1 fully saturated rings. The van der Waals surface area contributed by atoms with Crippen LogP contribution in [0, 0.1) is 6.92 Å². The van der Waals surface area contributed by atoms with Crippen molar-refractivity contribution in [2.75, 3.05) is 13.7 Å². The summed E-state index contributed by atoms with van der Waals surface area (Å²) in [6.45, 7) is 4.54. The molecular weight excluding hydrogens is 296 g/mol. The molecule has 0 spiro atoms. The van der Waals surface area contributed by atoms with Crippen LogP contribution >= 0.6 is 0 Å². The summed E-state index contributed by atoms with van der Waals surface area (Å²) < 4.78 is 8.82. The Labute approximate surface area is 135 Å². The molecule has 8 heteroatoms. The van der Waals surface area contributed by atoms with Gasteiger partial charge in [-0.2, -0.15) is 10.2 Å². The number of aromatic nitrogens is 5. The summed E-state index contributed by atoms with van der Waals surface area (Å²) in [5.41, 5.74) is 1.91. The lowest BCUT2D eigenvalue weighted by Gasteiger charge is -2.27. The first kappa shape index (κ1) is 15.5. The van der Waals surface area contributed by atoms with Crippen molar-refractivity contribution in [3.05, 3.63) is 23.9 Å². The summed E-state index contributed by atoms with van der Waals surface area (Å²) >= 11 is 0. The van der Waals surface area contributed by atoms with E-state index in [1.54, 1.807) is 22.8 Å². The molecule has 1 amide bonds. The van der Waals surface area contributed by atoms with Crippen LogP contribution in [0.25, 0.3) is 0 Å². The van der Waals surface area contributed by atoms with Gasteiger partial charge in [0.1, 0.15) is 18.7 Å². The molecule has 1 aliphatic rings. The molecule has 0 saturated carbocycles. The number of aryl methyl sites for hydroxylation is 2. The van der Waals surface area contributed by atoms with E-state index in [-0.39, 0.29) is 18.0 Å². The Kier molecular flexibility index (Phi) is 4.06. The van der Waals surface area contributed by atoms with Gasteiger partial charge in [0.15, 0.2) is 0 Å². The molecule has 1 saturated heterocycles. The van der Waals surface area contributed by atoms with Crippen LogP contribution in [-0.2, 0) is 11.8 Å². The van der Waals surface area contributed by atoms with Gasteiger partial charge in [0.2, 0.25) is 11.8 Å². The molecule has 0 bridgehead atoms. The van der Waals surface area contributed by atoms with Crippen molar-refractivity contribution in [2.45, 2.75) is 38.8 Å². The van der Waals surface area contributed by atoms with Gasteiger partial charge < -0.3 is 9.64 Å². The molecule has 2 atom stereocenters. The molecule has 3 heterocycles. The fourth-order valence-corrected chi connectivity index (χ4v) is 3.38. The number of amides is 1. The quantitative estimate of drug-likeness (QED) is 0.848. The maximum absolute atomic E-state index is 12.9. The Morgan fingerprint density at radius 2 is 2.26 bits per heavy atom.